The van der Waals surface area contributed by atoms with Crippen LogP contribution in [-0.4, -0.2) is 5.23 Å². The normalized spacial score (nSPS) is 7.56. The Bertz CT molecular complexity index is 69.3. The Morgan fingerprint density at radius 2 is 2.00 bits per heavy atom. The van der Waals surface area contributed by atoms with Crippen LogP contribution in [0.3, 0.4) is 0 Å². The SMILES string of the molecule is C=CCC(C)C.[CH2]=[V][I]. The Kier molecular flexibility index (Phi) is 16.3. The summed E-state index contributed by atoms with van der Waals surface area (Å²) in [7, 11) is 0. The summed E-state index contributed by atoms with van der Waals surface area (Å²) in [5.41, 5.74) is 0. The average molecular weight is 276 g/mol. The first kappa shape index (κ1) is 12.6. The fraction of sp³-hybridized carbons (Fsp3) is 0.571. The number of halogens is 1. The molecule has 2 heteroatoms. The van der Waals surface area contributed by atoms with Crippen LogP contribution in [-0.2, 0) is 12.4 Å². The van der Waals surface area contributed by atoms with Gasteiger partial charge in [0.15, 0.2) is 0 Å². The molecule has 0 radical (unpaired) electrons. The molecule has 0 aromatic heterocycles. The van der Waals surface area contributed by atoms with E-state index in [2.05, 4.69) is 45.6 Å². The van der Waals surface area contributed by atoms with E-state index in [0.29, 0.717) is 12.4 Å². The van der Waals surface area contributed by atoms with Crippen molar-refractivity contribution in [2.24, 2.45) is 5.92 Å². The van der Waals surface area contributed by atoms with Gasteiger partial charge in [0.05, 0.1) is 0 Å². The van der Waals surface area contributed by atoms with E-state index in [1.54, 1.807) is 0 Å². The molecule has 0 atom stereocenters. The maximum atomic E-state index is 3.60. The summed E-state index contributed by atoms with van der Waals surface area (Å²) in [4.78, 5) is 0. The van der Waals surface area contributed by atoms with Crippen molar-refractivity contribution in [3.63, 3.8) is 0 Å². The predicted molar refractivity (Wildman–Crippen MR) is 50.8 cm³/mol. The van der Waals surface area contributed by atoms with Crippen molar-refractivity contribution < 1.29 is 12.4 Å². The summed E-state index contributed by atoms with van der Waals surface area (Å²) in [6.07, 6.45) is 3.09. The van der Waals surface area contributed by atoms with Crippen molar-refractivity contribution in [2.75, 3.05) is 0 Å². The molecule has 0 aliphatic rings. The first-order valence-electron chi connectivity index (χ1n) is 2.86. The van der Waals surface area contributed by atoms with Gasteiger partial charge in [0, 0.05) is 0 Å². The summed E-state index contributed by atoms with van der Waals surface area (Å²) < 4.78 is 0. The minimum absolute atomic E-state index is 0.408. The Labute approximate surface area is 76.1 Å². The maximum absolute atomic E-state index is 3.60. The van der Waals surface area contributed by atoms with Crippen molar-refractivity contribution in [3.05, 3.63) is 12.7 Å². The molecule has 9 heavy (non-hydrogen) atoms. The molecule has 0 bridgehead atoms. The van der Waals surface area contributed by atoms with Crippen molar-refractivity contribution in [1.29, 1.82) is 0 Å². The second-order valence-electron chi connectivity index (χ2n) is 2.04. The molecule has 0 aromatic carbocycles. The van der Waals surface area contributed by atoms with E-state index < -0.39 is 0 Å². The van der Waals surface area contributed by atoms with Crippen LogP contribution < -0.4 is 0 Å². The second-order valence-corrected chi connectivity index (χ2v) is 5.22. The standard InChI is InChI=1S/C6H12.CH2.HI.V/c1-4-5-6(2)3;;;/h4,6H,1,5H2,2-3H3;1H2;1H;/q;;;+1/p-1. The molecule has 0 aliphatic carbocycles. The van der Waals surface area contributed by atoms with Gasteiger partial charge >= 0.3 is 37.6 Å². The van der Waals surface area contributed by atoms with Crippen LogP contribution in [0.1, 0.15) is 20.3 Å². The third-order valence-electron chi connectivity index (χ3n) is 0.638. The van der Waals surface area contributed by atoms with E-state index >= 15 is 0 Å². The van der Waals surface area contributed by atoms with E-state index in [1.165, 1.54) is 0 Å². The van der Waals surface area contributed by atoms with Gasteiger partial charge in [0.2, 0.25) is 0 Å². The van der Waals surface area contributed by atoms with E-state index in [0.717, 1.165) is 12.3 Å². The van der Waals surface area contributed by atoms with Crippen molar-refractivity contribution in [2.45, 2.75) is 20.3 Å². The first-order chi connectivity index (χ1) is 4.18. The zero-order valence-corrected chi connectivity index (χ0v) is 9.66. The van der Waals surface area contributed by atoms with Gasteiger partial charge in [-0.3, -0.25) is 0 Å². The Balaban J connectivity index is 0. The molecule has 0 saturated heterocycles. The molecule has 54 valence electrons. The van der Waals surface area contributed by atoms with Crippen molar-refractivity contribution in [3.8, 4) is 0 Å². The Morgan fingerprint density at radius 1 is 1.67 bits per heavy atom. The van der Waals surface area contributed by atoms with E-state index in [1.807, 2.05) is 6.08 Å². The zero-order chi connectivity index (χ0) is 7.70. The molecule has 0 spiro atoms. The summed E-state index contributed by atoms with van der Waals surface area (Å²) in [5.74, 6) is 0.780. The van der Waals surface area contributed by atoms with Gasteiger partial charge in [0.1, 0.15) is 0 Å². The van der Waals surface area contributed by atoms with Gasteiger partial charge in [-0.2, -0.15) is 0 Å². The van der Waals surface area contributed by atoms with Crippen LogP contribution in [0.15, 0.2) is 12.7 Å². The van der Waals surface area contributed by atoms with Gasteiger partial charge < -0.3 is 0 Å². The van der Waals surface area contributed by atoms with E-state index in [-0.39, 0.29) is 0 Å². The quantitative estimate of drug-likeness (QED) is 0.537. The summed E-state index contributed by atoms with van der Waals surface area (Å²) in [6, 6.07) is 0. The van der Waals surface area contributed by atoms with Crippen LogP contribution in [0.4, 0.5) is 0 Å². The molecule has 0 aliphatic heterocycles. The predicted octanol–water partition coefficient (Wildman–Crippen LogP) is 3.07. The topological polar surface area (TPSA) is 0 Å². The summed E-state index contributed by atoms with van der Waals surface area (Å²) in [5, 5.41) is 3.57. The second kappa shape index (κ2) is 11.7. The van der Waals surface area contributed by atoms with Gasteiger partial charge in [-0.25, -0.2) is 0 Å². The number of rotatable bonds is 2. The fourth-order valence-corrected chi connectivity index (χ4v) is 0.333. The molecule has 0 nitrogen and oxygen atoms in total. The zero-order valence-electron chi connectivity index (χ0n) is 6.10. The molecule has 0 unspecified atom stereocenters. The van der Waals surface area contributed by atoms with Crippen molar-refractivity contribution >= 4 is 25.2 Å². The van der Waals surface area contributed by atoms with Crippen LogP contribution in [0.2, 0.25) is 0 Å². The third-order valence-corrected chi connectivity index (χ3v) is 0.638. The Hall–Kier alpha value is 0.924. The molecule has 0 N–H and O–H groups in total. The third kappa shape index (κ3) is 27.8. The minimum atomic E-state index is 0.408. The van der Waals surface area contributed by atoms with Gasteiger partial charge in [0.25, 0.3) is 0 Å². The van der Waals surface area contributed by atoms with Crippen LogP contribution >= 0.6 is 20.0 Å². The molecule has 0 saturated carbocycles. The number of allylic oxidation sites excluding steroid dienone is 1. The molecular weight excluding hydrogens is 262 g/mol. The van der Waals surface area contributed by atoms with Gasteiger partial charge in [-0.15, -0.1) is 6.58 Å². The molecule has 0 rings (SSSR count). The van der Waals surface area contributed by atoms with Crippen LogP contribution in [0.5, 0.6) is 0 Å². The molecule has 0 amide bonds. The number of hydrogen-bond acceptors (Lipinski definition) is 0. The summed E-state index contributed by atoms with van der Waals surface area (Å²) in [6.45, 7) is 7.97. The monoisotopic (exact) mass is 276 g/mol. The fourth-order valence-electron chi connectivity index (χ4n) is 0.333. The molecule has 0 heterocycles. The van der Waals surface area contributed by atoms with Crippen LogP contribution in [0, 0.1) is 5.92 Å². The summed E-state index contributed by atoms with van der Waals surface area (Å²) >= 11 is 2.68. The molecule has 0 fully saturated rings. The Morgan fingerprint density at radius 3 is 2.00 bits per heavy atom. The van der Waals surface area contributed by atoms with Gasteiger partial charge in [-0.05, 0) is 12.3 Å². The van der Waals surface area contributed by atoms with Crippen LogP contribution in [0.25, 0.3) is 0 Å². The van der Waals surface area contributed by atoms with E-state index in [9.17, 15) is 0 Å². The molecule has 0 aromatic rings. The van der Waals surface area contributed by atoms with Gasteiger partial charge in [-0.1, -0.05) is 19.9 Å². The number of hydrogen-bond donors (Lipinski definition) is 0. The van der Waals surface area contributed by atoms with E-state index in [4.69, 9.17) is 0 Å². The molecular formula is C7H14IV. The average Bonchev–Trinajstić information content (AvgIpc) is 1.67. The van der Waals surface area contributed by atoms with Crippen molar-refractivity contribution in [1.82, 2.24) is 0 Å². The first-order valence-corrected chi connectivity index (χ1v) is 8.36.